The summed E-state index contributed by atoms with van der Waals surface area (Å²) in [6.07, 6.45) is 3.25. The molecule has 0 aliphatic heterocycles. The minimum Gasteiger partial charge on any atom is -0.481 e. The molecule has 0 aliphatic rings. The SMILES string of the molecule is Cc1nc(-c2ncc[nH]2)nc(C)c1CC(=O)O. The maximum Gasteiger partial charge on any atom is 0.307 e. The average molecular weight is 232 g/mol. The largest absolute Gasteiger partial charge is 0.481 e. The molecule has 2 N–H and O–H groups in total. The molecule has 0 amide bonds. The molecule has 0 saturated heterocycles. The molecule has 0 spiro atoms. The number of carbonyl (C=O) groups is 1. The van der Waals surface area contributed by atoms with Crippen molar-refractivity contribution in [3.05, 3.63) is 29.3 Å². The zero-order valence-corrected chi connectivity index (χ0v) is 9.56. The van der Waals surface area contributed by atoms with Crippen molar-refractivity contribution >= 4 is 5.97 Å². The highest BCUT2D eigenvalue weighted by Gasteiger charge is 2.13. The van der Waals surface area contributed by atoms with Crippen LogP contribution in [0.4, 0.5) is 0 Å². The number of H-pyrrole nitrogens is 1. The van der Waals surface area contributed by atoms with Crippen LogP contribution in [0.15, 0.2) is 12.4 Å². The van der Waals surface area contributed by atoms with Crippen LogP contribution >= 0.6 is 0 Å². The van der Waals surface area contributed by atoms with Crippen molar-refractivity contribution in [3.63, 3.8) is 0 Å². The highest BCUT2D eigenvalue weighted by molar-refractivity contribution is 5.71. The summed E-state index contributed by atoms with van der Waals surface area (Å²) in [5.41, 5.74) is 2.01. The number of aromatic amines is 1. The van der Waals surface area contributed by atoms with Crippen LogP contribution in [0, 0.1) is 13.8 Å². The van der Waals surface area contributed by atoms with Crippen LogP contribution < -0.4 is 0 Å². The van der Waals surface area contributed by atoms with E-state index < -0.39 is 5.97 Å². The summed E-state index contributed by atoms with van der Waals surface area (Å²) in [5, 5.41) is 8.80. The van der Waals surface area contributed by atoms with Gasteiger partial charge in [-0.05, 0) is 13.8 Å². The molecule has 0 aliphatic carbocycles. The summed E-state index contributed by atoms with van der Waals surface area (Å²) in [6.45, 7) is 3.55. The van der Waals surface area contributed by atoms with Crippen molar-refractivity contribution in [1.82, 2.24) is 19.9 Å². The zero-order chi connectivity index (χ0) is 12.4. The summed E-state index contributed by atoms with van der Waals surface area (Å²) >= 11 is 0. The lowest BCUT2D eigenvalue weighted by Gasteiger charge is -2.07. The first-order chi connectivity index (χ1) is 8.08. The van der Waals surface area contributed by atoms with Gasteiger partial charge < -0.3 is 10.1 Å². The van der Waals surface area contributed by atoms with Gasteiger partial charge in [-0.2, -0.15) is 0 Å². The van der Waals surface area contributed by atoms with Gasteiger partial charge in [-0.25, -0.2) is 15.0 Å². The number of aliphatic carboxylic acids is 1. The van der Waals surface area contributed by atoms with E-state index in [0.717, 1.165) is 0 Å². The van der Waals surface area contributed by atoms with Crippen LogP contribution in [0.25, 0.3) is 11.6 Å². The van der Waals surface area contributed by atoms with Crippen LogP contribution in [-0.2, 0) is 11.2 Å². The van der Waals surface area contributed by atoms with Gasteiger partial charge in [0.1, 0.15) is 0 Å². The van der Waals surface area contributed by atoms with Gasteiger partial charge in [0.15, 0.2) is 11.6 Å². The first-order valence-corrected chi connectivity index (χ1v) is 5.13. The van der Waals surface area contributed by atoms with Gasteiger partial charge in [0, 0.05) is 29.3 Å². The predicted molar refractivity (Wildman–Crippen MR) is 60.4 cm³/mol. The maximum atomic E-state index is 10.7. The Morgan fingerprint density at radius 1 is 1.35 bits per heavy atom. The molecule has 17 heavy (non-hydrogen) atoms. The lowest BCUT2D eigenvalue weighted by molar-refractivity contribution is -0.136. The molecule has 0 atom stereocenters. The van der Waals surface area contributed by atoms with Crippen molar-refractivity contribution < 1.29 is 9.90 Å². The Morgan fingerprint density at radius 2 is 2.00 bits per heavy atom. The molecule has 2 aromatic rings. The molecule has 6 nitrogen and oxygen atoms in total. The Balaban J connectivity index is 2.45. The van der Waals surface area contributed by atoms with Crippen LogP contribution in [0.2, 0.25) is 0 Å². The molecule has 2 rings (SSSR count). The summed E-state index contributed by atoms with van der Waals surface area (Å²) in [7, 11) is 0. The van der Waals surface area contributed by atoms with Crippen molar-refractivity contribution in [2.75, 3.05) is 0 Å². The number of nitrogens with zero attached hydrogens (tertiary/aromatic N) is 3. The van der Waals surface area contributed by atoms with Gasteiger partial charge in [-0.3, -0.25) is 4.79 Å². The number of hydrogen-bond acceptors (Lipinski definition) is 4. The van der Waals surface area contributed by atoms with Crippen LogP contribution in [-0.4, -0.2) is 31.0 Å². The van der Waals surface area contributed by atoms with Crippen molar-refractivity contribution in [2.24, 2.45) is 0 Å². The maximum absolute atomic E-state index is 10.7. The van der Waals surface area contributed by atoms with Crippen molar-refractivity contribution in [3.8, 4) is 11.6 Å². The second kappa shape index (κ2) is 4.32. The number of hydrogen-bond donors (Lipinski definition) is 2. The van der Waals surface area contributed by atoms with E-state index in [1.54, 1.807) is 26.2 Å². The topological polar surface area (TPSA) is 91.8 Å². The zero-order valence-electron chi connectivity index (χ0n) is 9.56. The van der Waals surface area contributed by atoms with Crippen molar-refractivity contribution in [1.29, 1.82) is 0 Å². The fourth-order valence-electron chi connectivity index (χ4n) is 1.64. The number of carboxylic acid groups (broad SMARTS) is 1. The molecule has 0 fully saturated rings. The normalized spacial score (nSPS) is 10.5. The standard InChI is InChI=1S/C11H12N4O2/c1-6-8(5-9(16)17)7(2)15-11(14-6)10-12-3-4-13-10/h3-4H,5H2,1-2H3,(H,12,13)(H,16,17). The van der Waals surface area contributed by atoms with Crippen LogP contribution in [0.5, 0.6) is 0 Å². The van der Waals surface area contributed by atoms with E-state index in [-0.39, 0.29) is 6.42 Å². The van der Waals surface area contributed by atoms with E-state index >= 15 is 0 Å². The number of nitrogens with one attached hydrogen (secondary N) is 1. The summed E-state index contributed by atoms with van der Waals surface area (Å²) in [4.78, 5) is 26.2. The second-order valence-electron chi connectivity index (χ2n) is 3.70. The quantitative estimate of drug-likeness (QED) is 0.827. The minimum absolute atomic E-state index is 0.0594. The fourth-order valence-corrected chi connectivity index (χ4v) is 1.64. The Kier molecular flexibility index (Phi) is 2.86. The Labute approximate surface area is 97.8 Å². The lowest BCUT2D eigenvalue weighted by atomic mass is 10.1. The van der Waals surface area contributed by atoms with Gasteiger partial charge in [-0.15, -0.1) is 0 Å². The minimum atomic E-state index is -0.884. The molecule has 0 saturated carbocycles. The number of aromatic nitrogens is 4. The van der Waals surface area contributed by atoms with Gasteiger partial charge >= 0.3 is 5.97 Å². The fraction of sp³-hybridized carbons (Fsp3) is 0.273. The van der Waals surface area contributed by atoms with E-state index in [0.29, 0.717) is 28.6 Å². The third-order valence-electron chi connectivity index (χ3n) is 2.46. The third-order valence-corrected chi connectivity index (χ3v) is 2.46. The number of carboxylic acids is 1. The highest BCUT2D eigenvalue weighted by atomic mass is 16.4. The highest BCUT2D eigenvalue weighted by Crippen LogP contribution is 2.16. The molecular weight excluding hydrogens is 220 g/mol. The first-order valence-electron chi connectivity index (χ1n) is 5.13. The van der Waals surface area contributed by atoms with E-state index in [4.69, 9.17) is 5.11 Å². The first kappa shape index (κ1) is 11.3. The molecule has 0 aromatic carbocycles. The predicted octanol–water partition coefficient (Wildman–Crippen LogP) is 1.11. The Morgan fingerprint density at radius 3 is 2.47 bits per heavy atom. The number of imidazole rings is 1. The molecule has 2 aromatic heterocycles. The van der Waals surface area contributed by atoms with E-state index in [9.17, 15) is 4.79 Å². The summed E-state index contributed by atoms with van der Waals surface area (Å²) < 4.78 is 0. The number of aryl methyl sites for hydroxylation is 2. The van der Waals surface area contributed by atoms with E-state index in [2.05, 4.69) is 19.9 Å². The summed E-state index contributed by atoms with van der Waals surface area (Å²) in [5.74, 6) is 0.183. The lowest BCUT2D eigenvalue weighted by Crippen LogP contribution is -2.08. The van der Waals surface area contributed by atoms with Crippen molar-refractivity contribution in [2.45, 2.75) is 20.3 Å². The van der Waals surface area contributed by atoms with Gasteiger partial charge in [0.05, 0.1) is 6.42 Å². The number of rotatable bonds is 3. The molecule has 0 bridgehead atoms. The average Bonchev–Trinajstić information content (AvgIpc) is 2.76. The molecule has 0 unspecified atom stereocenters. The molecule has 2 heterocycles. The molecule has 88 valence electrons. The Bertz CT molecular complexity index is 526. The van der Waals surface area contributed by atoms with Gasteiger partial charge in [0.25, 0.3) is 0 Å². The molecular formula is C11H12N4O2. The third kappa shape index (κ3) is 2.30. The monoisotopic (exact) mass is 232 g/mol. The van der Waals surface area contributed by atoms with Crippen LogP contribution in [0.1, 0.15) is 17.0 Å². The summed E-state index contributed by atoms with van der Waals surface area (Å²) in [6, 6.07) is 0. The molecule has 6 heteroatoms. The second-order valence-corrected chi connectivity index (χ2v) is 3.70. The molecule has 0 radical (unpaired) electrons. The Hall–Kier alpha value is -2.24. The van der Waals surface area contributed by atoms with E-state index in [1.165, 1.54) is 0 Å². The van der Waals surface area contributed by atoms with Crippen LogP contribution in [0.3, 0.4) is 0 Å². The van der Waals surface area contributed by atoms with Gasteiger partial charge in [0.2, 0.25) is 0 Å². The smallest absolute Gasteiger partial charge is 0.307 e. The van der Waals surface area contributed by atoms with E-state index in [1.807, 2.05) is 0 Å². The van der Waals surface area contributed by atoms with Gasteiger partial charge in [-0.1, -0.05) is 0 Å².